The smallest absolute Gasteiger partial charge is 0.203 e. The Morgan fingerprint density at radius 1 is 1.15 bits per heavy atom. The monoisotopic (exact) mass is 352 g/mol. The number of nitrogens with two attached hydrogens (primary N) is 1. The van der Waals surface area contributed by atoms with Gasteiger partial charge in [0.1, 0.15) is 11.4 Å². The van der Waals surface area contributed by atoms with E-state index in [0.29, 0.717) is 35.5 Å². The lowest BCUT2D eigenvalue weighted by molar-refractivity contribution is 0.563. The summed E-state index contributed by atoms with van der Waals surface area (Å²) in [5, 5.41) is 0.557. The summed E-state index contributed by atoms with van der Waals surface area (Å²) in [7, 11) is 0. The SMILES string of the molecule is Cc1cc(C(C)N)c2oc(N3Cc4ccc(F)cc4C3)c(C)c(=O)c2c1. The van der Waals surface area contributed by atoms with Crippen LogP contribution >= 0.6 is 0 Å². The molecule has 0 spiro atoms. The molecule has 4 nitrogen and oxygen atoms in total. The number of nitrogens with zero attached hydrogens (tertiary/aromatic N) is 1. The van der Waals surface area contributed by atoms with Gasteiger partial charge in [-0.05, 0) is 55.7 Å². The minimum absolute atomic E-state index is 0.0472. The van der Waals surface area contributed by atoms with Crippen molar-refractivity contribution in [3.63, 3.8) is 0 Å². The van der Waals surface area contributed by atoms with Crippen molar-refractivity contribution in [2.45, 2.75) is 39.9 Å². The van der Waals surface area contributed by atoms with E-state index in [0.717, 1.165) is 22.3 Å². The van der Waals surface area contributed by atoms with Gasteiger partial charge in [0.05, 0.1) is 10.9 Å². The number of rotatable bonds is 2. The van der Waals surface area contributed by atoms with E-state index in [2.05, 4.69) is 0 Å². The van der Waals surface area contributed by atoms with E-state index in [1.54, 1.807) is 19.1 Å². The van der Waals surface area contributed by atoms with Crippen LogP contribution in [0.25, 0.3) is 11.0 Å². The van der Waals surface area contributed by atoms with Gasteiger partial charge >= 0.3 is 0 Å². The van der Waals surface area contributed by atoms with Crippen LogP contribution < -0.4 is 16.1 Å². The Kier molecular flexibility index (Phi) is 3.84. The Morgan fingerprint density at radius 2 is 1.88 bits per heavy atom. The van der Waals surface area contributed by atoms with Gasteiger partial charge in [-0.1, -0.05) is 12.1 Å². The Morgan fingerprint density at radius 3 is 2.62 bits per heavy atom. The molecule has 26 heavy (non-hydrogen) atoms. The lowest BCUT2D eigenvalue weighted by atomic mass is 10.0. The summed E-state index contributed by atoms with van der Waals surface area (Å²) in [5.41, 5.74) is 10.9. The van der Waals surface area contributed by atoms with Crippen LogP contribution in [0.1, 0.15) is 40.8 Å². The molecule has 0 radical (unpaired) electrons. The highest BCUT2D eigenvalue weighted by atomic mass is 19.1. The van der Waals surface area contributed by atoms with E-state index in [9.17, 15) is 9.18 Å². The van der Waals surface area contributed by atoms with Gasteiger partial charge in [0.25, 0.3) is 0 Å². The summed E-state index contributed by atoms with van der Waals surface area (Å²) >= 11 is 0. The van der Waals surface area contributed by atoms with Crippen molar-refractivity contribution in [3.8, 4) is 0 Å². The van der Waals surface area contributed by atoms with E-state index in [1.165, 1.54) is 6.07 Å². The van der Waals surface area contributed by atoms with Gasteiger partial charge in [-0.25, -0.2) is 4.39 Å². The van der Waals surface area contributed by atoms with Gasteiger partial charge < -0.3 is 15.1 Å². The second-order valence-electron chi connectivity index (χ2n) is 7.15. The number of aryl methyl sites for hydroxylation is 1. The topological polar surface area (TPSA) is 59.5 Å². The molecule has 1 aromatic heterocycles. The molecule has 0 bridgehead atoms. The quantitative estimate of drug-likeness (QED) is 0.755. The third kappa shape index (κ3) is 2.59. The second-order valence-corrected chi connectivity index (χ2v) is 7.15. The molecule has 4 rings (SSSR count). The Balaban J connectivity index is 1.89. The predicted molar refractivity (Wildman–Crippen MR) is 101 cm³/mol. The fourth-order valence-electron chi connectivity index (χ4n) is 3.70. The summed E-state index contributed by atoms with van der Waals surface area (Å²) in [6.07, 6.45) is 0. The number of halogens is 1. The van der Waals surface area contributed by atoms with Gasteiger partial charge in [0, 0.05) is 24.7 Å². The van der Waals surface area contributed by atoms with Crippen molar-refractivity contribution in [1.29, 1.82) is 0 Å². The minimum Gasteiger partial charge on any atom is -0.440 e. The van der Waals surface area contributed by atoms with Gasteiger partial charge in [-0.15, -0.1) is 0 Å². The van der Waals surface area contributed by atoms with Crippen molar-refractivity contribution in [2.24, 2.45) is 5.73 Å². The maximum atomic E-state index is 13.5. The molecule has 0 saturated carbocycles. The fourth-order valence-corrected chi connectivity index (χ4v) is 3.70. The van der Waals surface area contributed by atoms with Crippen molar-refractivity contribution < 1.29 is 8.81 Å². The Labute approximate surface area is 151 Å². The first-order chi connectivity index (χ1) is 12.3. The van der Waals surface area contributed by atoms with Gasteiger partial charge in [0.15, 0.2) is 5.43 Å². The molecule has 134 valence electrons. The molecule has 0 amide bonds. The maximum Gasteiger partial charge on any atom is 0.203 e. The number of anilines is 1. The molecule has 0 fully saturated rings. The van der Waals surface area contributed by atoms with Gasteiger partial charge in [-0.2, -0.15) is 0 Å². The average Bonchev–Trinajstić information content (AvgIpc) is 3.00. The lowest BCUT2D eigenvalue weighted by Gasteiger charge is -2.20. The zero-order valence-corrected chi connectivity index (χ0v) is 15.1. The molecular weight excluding hydrogens is 331 g/mol. The summed E-state index contributed by atoms with van der Waals surface area (Å²) in [4.78, 5) is 14.9. The number of benzene rings is 2. The van der Waals surface area contributed by atoms with E-state index >= 15 is 0 Å². The van der Waals surface area contributed by atoms with E-state index in [-0.39, 0.29) is 17.3 Å². The molecule has 1 aliphatic rings. The highest BCUT2D eigenvalue weighted by molar-refractivity contribution is 5.83. The van der Waals surface area contributed by atoms with Crippen LogP contribution in [0.3, 0.4) is 0 Å². The van der Waals surface area contributed by atoms with Gasteiger partial charge in [0.2, 0.25) is 5.88 Å². The van der Waals surface area contributed by atoms with Crippen LogP contribution in [0.4, 0.5) is 10.3 Å². The van der Waals surface area contributed by atoms with Crippen molar-refractivity contribution in [1.82, 2.24) is 0 Å². The third-order valence-corrected chi connectivity index (χ3v) is 5.04. The molecule has 2 aromatic carbocycles. The molecule has 2 heterocycles. The second kappa shape index (κ2) is 5.95. The summed E-state index contributed by atoms with van der Waals surface area (Å²) < 4.78 is 19.7. The first-order valence-corrected chi connectivity index (χ1v) is 8.71. The molecule has 0 aliphatic carbocycles. The van der Waals surface area contributed by atoms with Crippen LogP contribution in [0.5, 0.6) is 0 Å². The van der Waals surface area contributed by atoms with E-state index < -0.39 is 0 Å². The number of hydrogen-bond donors (Lipinski definition) is 1. The number of hydrogen-bond acceptors (Lipinski definition) is 4. The van der Waals surface area contributed by atoms with Gasteiger partial charge in [-0.3, -0.25) is 4.79 Å². The molecular formula is C21H21FN2O2. The Bertz CT molecular complexity index is 1090. The maximum absolute atomic E-state index is 13.5. The lowest BCUT2D eigenvalue weighted by Crippen LogP contribution is -2.20. The average molecular weight is 352 g/mol. The molecule has 5 heteroatoms. The Hall–Kier alpha value is -2.66. The number of fused-ring (bicyclic) bond motifs is 2. The standard InChI is InChI=1S/C21H21FN2O2/c1-11-6-17(13(3)23)20-18(7-11)19(25)12(2)21(26-20)24-9-14-4-5-16(22)8-15(14)10-24/h4-8,13H,9-10,23H2,1-3H3. The van der Waals surface area contributed by atoms with Crippen LogP contribution in [0.2, 0.25) is 0 Å². The third-order valence-electron chi connectivity index (χ3n) is 5.04. The highest BCUT2D eigenvalue weighted by Crippen LogP contribution is 2.33. The molecule has 3 aromatic rings. The van der Waals surface area contributed by atoms with Crippen LogP contribution in [0, 0.1) is 19.7 Å². The van der Waals surface area contributed by atoms with Crippen molar-refractivity contribution in [3.05, 3.63) is 74.2 Å². The molecule has 1 unspecified atom stereocenters. The summed E-state index contributed by atoms with van der Waals surface area (Å²) in [6.45, 7) is 6.70. The fraction of sp³-hybridized carbons (Fsp3) is 0.286. The summed E-state index contributed by atoms with van der Waals surface area (Å²) in [6, 6.07) is 8.35. The van der Waals surface area contributed by atoms with E-state index in [1.807, 2.05) is 30.9 Å². The molecule has 1 aliphatic heterocycles. The van der Waals surface area contributed by atoms with Crippen LogP contribution in [-0.2, 0) is 13.1 Å². The van der Waals surface area contributed by atoms with Crippen molar-refractivity contribution >= 4 is 16.9 Å². The first kappa shape index (κ1) is 16.8. The van der Waals surface area contributed by atoms with Crippen LogP contribution in [-0.4, -0.2) is 0 Å². The normalized spacial score (nSPS) is 14.7. The predicted octanol–water partition coefficient (Wildman–Crippen LogP) is 4.09. The van der Waals surface area contributed by atoms with Crippen molar-refractivity contribution in [2.75, 3.05) is 4.90 Å². The minimum atomic E-state index is -0.253. The molecule has 1 atom stereocenters. The highest BCUT2D eigenvalue weighted by Gasteiger charge is 2.25. The largest absolute Gasteiger partial charge is 0.440 e. The van der Waals surface area contributed by atoms with E-state index in [4.69, 9.17) is 10.2 Å². The zero-order chi connectivity index (χ0) is 18.6. The van der Waals surface area contributed by atoms with Crippen LogP contribution in [0.15, 0.2) is 39.5 Å². The summed E-state index contributed by atoms with van der Waals surface area (Å²) in [5.74, 6) is 0.280. The molecule has 0 saturated heterocycles. The first-order valence-electron chi connectivity index (χ1n) is 8.71. The zero-order valence-electron chi connectivity index (χ0n) is 15.1. The molecule has 2 N–H and O–H groups in total.